The Hall–Kier alpha value is -4.01. The van der Waals surface area contributed by atoms with Crippen LogP contribution in [0.1, 0.15) is 21.6 Å². The van der Waals surface area contributed by atoms with Crippen LogP contribution in [-0.2, 0) is 6.61 Å². The van der Waals surface area contributed by atoms with Gasteiger partial charge in [-0.25, -0.2) is 18.2 Å². The summed E-state index contributed by atoms with van der Waals surface area (Å²) in [6.45, 7) is 2.23. The number of nitrogens with one attached hydrogen (secondary N) is 2. The molecule has 0 bridgehead atoms. The van der Waals surface area contributed by atoms with Crippen molar-refractivity contribution in [1.82, 2.24) is 14.8 Å². The molecule has 4 aromatic rings. The number of nitrogens with zero attached hydrogens (tertiary/aromatic N) is 2. The Bertz CT molecular complexity index is 1260. The van der Waals surface area contributed by atoms with E-state index in [4.69, 9.17) is 4.74 Å². The number of hydrazine groups is 1. The molecule has 2 N–H and O–H groups in total. The Morgan fingerprint density at radius 1 is 1.06 bits per heavy atom. The first-order valence-corrected chi connectivity index (χ1v) is 9.28. The first-order chi connectivity index (χ1) is 14.9. The summed E-state index contributed by atoms with van der Waals surface area (Å²) in [4.78, 5) is 16.7. The summed E-state index contributed by atoms with van der Waals surface area (Å²) < 4.78 is 47.5. The van der Waals surface area contributed by atoms with Crippen molar-refractivity contribution in [3.8, 4) is 5.75 Å². The Balaban J connectivity index is 1.35. The summed E-state index contributed by atoms with van der Waals surface area (Å²) in [7, 11) is 0. The van der Waals surface area contributed by atoms with Gasteiger partial charge in [0, 0.05) is 18.0 Å². The number of benzene rings is 2. The van der Waals surface area contributed by atoms with Gasteiger partial charge in [0.05, 0.1) is 11.4 Å². The lowest BCUT2D eigenvalue weighted by molar-refractivity contribution is 0.0962. The lowest BCUT2D eigenvalue weighted by Crippen LogP contribution is -2.30. The van der Waals surface area contributed by atoms with Crippen molar-refractivity contribution in [1.29, 1.82) is 0 Å². The van der Waals surface area contributed by atoms with Gasteiger partial charge >= 0.3 is 0 Å². The van der Waals surface area contributed by atoms with Crippen LogP contribution in [0.25, 0.3) is 5.65 Å². The van der Waals surface area contributed by atoms with Gasteiger partial charge < -0.3 is 9.14 Å². The standard InChI is InChI=1S/C22H17F3N4O2/c1-13-3-2-10-29-11-15(26-21(13)29)12-31-16-6-4-14(5-7-16)22(30)28-27-18-9-8-17(23)19(24)20(18)25/h2-11,27H,12H2,1H3,(H,28,30). The number of rotatable bonds is 6. The molecule has 0 saturated carbocycles. The van der Waals surface area contributed by atoms with Crippen LogP contribution in [-0.4, -0.2) is 15.3 Å². The van der Waals surface area contributed by atoms with Gasteiger partial charge in [0.2, 0.25) is 0 Å². The van der Waals surface area contributed by atoms with Crippen LogP contribution in [0.15, 0.2) is 60.9 Å². The Labute approximate surface area is 175 Å². The molecule has 0 spiro atoms. The molecule has 0 fully saturated rings. The number of aromatic nitrogens is 2. The van der Waals surface area contributed by atoms with Crippen molar-refractivity contribution in [3.63, 3.8) is 0 Å². The largest absolute Gasteiger partial charge is 0.487 e. The zero-order valence-corrected chi connectivity index (χ0v) is 16.3. The van der Waals surface area contributed by atoms with Gasteiger partial charge in [0.15, 0.2) is 17.5 Å². The molecule has 0 unspecified atom stereocenters. The van der Waals surface area contributed by atoms with Crippen LogP contribution in [0.4, 0.5) is 18.9 Å². The number of halogens is 3. The van der Waals surface area contributed by atoms with Crippen LogP contribution < -0.4 is 15.6 Å². The molecule has 0 atom stereocenters. The zero-order valence-electron chi connectivity index (χ0n) is 16.3. The highest BCUT2D eigenvalue weighted by atomic mass is 19.2. The third-order valence-electron chi connectivity index (χ3n) is 4.58. The van der Waals surface area contributed by atoms with Crippen molar-refractivity contribution < 1.29 is 22.7 Å². The minimum atomic E-state index is -1.62. The highest BCUT2D eigenvalue weighted by molar-refractivity contribution is 5.95. The summed E-state index contributed by atoms with van der Waals surface area (Å²) in [6, 6.07) is 11.9. The van der Waals surface area contributed by atoms with Gasteiger partial charge in [-0.2, -0.15) is 0 Å². The van der Waals surface area contributed by atoms with Gasteiger partial charge in [0.25, 0.3) is 5.91 Å². The van der Waals surface area contributed by atoms with Gasteiger partial charge in [-0.05, 0) is 55.0 Å². The number of amides is 1. The fraction of sp³-hybridized carbons (Fsp3) is 0.0909. The lowest BCUT2D eigenvalue weighted by atomic mass is 10.2. The topological polar surface area (TPSA) is 67.7 Å². The predicted molar refractivity (Wildman–Crippen MR) is 108 cm³/mol. The Morgan fingerprint density at radius 3 is 2.58 bits per heavy atom. The molecule has 6 nitrogen and oxygen atoms in total. The maximum atomic E-state index is 13.6. The number of hydrogen-bond acceptors (Lipinski definition) is 4. The van der Waals surface area contributed by atoms with E-state index in [2.05, 4.69) is 15.8 Å². The fourth-order valence-electron chi connectivity index (χ4n) is 2.95. The molecule has 2 aromatic heterocycles. The minimum absolute atomic E-state index is 0.254. The average molecular weight is 426 g/mol. The molecule has 0 aliphatic rings. The maximum absolute atomic E-state index is 13.6. The number of carbonyl (C=O) groups excluding carboxylic acids is 1. The molecule has 158 valence electrons. The zero-order chi connectivity index (χ0) is 22.0. The summed E-state index contributed by atoms with van der Waals surface area (Å²) >= 11 is 0. The van der Waals surface area contributed by atoms with E-state index < -0.39 is 29.0 Å². The lowest BCUT2D eigenvalue weighted by Gasteiger charge is -2.10. The SMILES string of the molecule is Cc1cccn2cc(COc3ccc(C(=O)NNc4ccc(F)c(F)c4F)cc3)nc12. The quantitative estimate of drug-likeness (QED) is 0.354. The Morgan fingerprint density at radius 2 is 1.84 bits per heavy atom. The third kappa shape index (κ3) is 4.30. The van der Waals surface area contributed by atoms with E-state index in [9.17, 15) is 18.0 Å². The number of anilines is 1. The number of aryl methyl sites for hydroxylation is 1. The summed E-state index contributed by atoms with van der Waals surface area (Å²) in [5, 5.41) is 0. The van der Waals surface area contributed by atoms with Gasteiger partial charge in [-0.1, -0.05) is 6.07 Å². The molecule has 0 saturated heterocycles. The van der Waals surface area contributed by atoms with Crippen molar-refractivity contribution in [2.45, 2.75) is 13.5 Å². The summed E-state index contributed by atoms with van der Waals surface area (Å²) in [5.41, 5.74) is 7.00. The van der Waals surface area contributed by atoms with E-state index in [-0.39, 0.29) is 12.2 Å². The van der Waals surface area contributed by atoms with Crippen LogP contribution in [0.2, 0.25) is 0 Å². The summed E-state index contributed by atoms with van der Waals surface area (Å²) in [5.74, 6) is -4.42. The first-order valence-electron chi connectivity index (χ1n) is 9.28. The minimum Gasteiger partial charge on any atom is -0.487 e. The predicted octanol–water partition coefficient (Wildman–Crippen LogP) is 4.40. The van der Waals surface area contributed by atoms with E-state index >= 15 is 0 Å². The number of hydrogen-bond donors (Lipinski definition) is 2. The molecule has 0 aliphatic carbocycles. The van der Waals surface area contributed by atoms with E-state index in [0.29, 0.717) is 5.75 Å². The number of imidazole rings is 1. The van der Waals surface area contributed by atoms with Crippen LogP contribution in [0.3, 0.4) is 0 Å². The van der Waals surface area contributed by atoms with Crippen molar-refractivity contribution in [2.24, 2.45) is 0 Å². The maximum Gasteiger partial charge on any atom is 0.269 e. The van der Waals surface area contributed by atoms with E-state index in [1.54, 1.807) is 12.1 Å². The molecule has 4 rings (SSSR count). The van der Waals surface area contributed by atoms with Crippen LogP contribution in [0, 0.1) is 24.4 Å². The summed E-state index contributed by atoms with van der Waals surface area (Å²) in [6.07, 6.45) is 3.79. The van der Waals surface area contributed by atoms with Crippen molar-refractivity contribution in [3.05, 3.63) is 95.2 Å². The highest BCUT2D eigenvalue weighted by Gasteiger charge is 2.14. The molecule has 1 amide bonds. The molecule has 9 heteroatoms. The monoisotopic (exact) mass is 426 g/mol. The molecule has 0 radical (unpaired) electrons. The van der Waals surface area contributed by atoms with Crippen molar-refractivity contribution in [2.75, 3.05) is 5.43 Å². The second-order valence-electron chi connectivity index (χ2n) is 6.77. The molecule has 31 heavy (non-hydrogen) atoms. The Kier molecular flexibility index (Phi) is 5.48. The molecular weight excluding hydrogens is 409 g/mol. The number of pyridine rings is 1. The van der Waals surface area contributed by atoms with E-state index in [1.165, 1.54) is 12.1 Å². The van der Waals surface area contributed by atoms with Gasteiger partial charge in [-0.3, -0.25) is 15.6 Å². The molecule has 0 aliphatic heterocycles. The number of fused-ring (bicyclic) bond motifs is 1. The smallest absolute Gasteiger partial charge is 0.269 e. The average Bonchev–Trinajstić information content (AvgIpc) is 3.20. The molecule has 2 aromatic carbocycles. The highest BCUT2D eigenvalue weighted by Crippen LogP contribution is 2.19. The fourth-order valence-corrected chi connectivity index (χ4v) is 2.95. The second kappa shape index (κ2) is 8.39. The normalized spacial score (nSPS) is 10.8. The van der Waals surface area contributed by atoms with E-state index in [1.807, 2.05) is 35.9 Å². The number of ether oxygens (including phenoxy) is 1. The molecule has 2 heterocycles. The van der Waals surface area contributed by atoms with Crippen molar-refractivity contribution >= 4 is 17.2 Å². The van der Waals surface area contributed by atoms with Gasteiger partial charge in [0.1, 0.15) is 18.0 Å². The van der Waals surface area contributed by atoms with Crippen LogP contribution >= 0.6 is 0 Å². The third-order valence-corrected chi connectivity index (χ3v) is 4.58. The van der Waals surface area contributed by atoms with E-state index in [0.717, 1.165) is 29.0 Å². The first kappa shape index (κ1) is 20.3. The molecular formula is C22H17F3N4O2. The van der Waals surface area contributed by atoms with Gasteiger partial charge in [-0.15, -0.1) is 0 Å². The second-order valence-corrected chi connectivity index (χ2v) is 6.77. The number of carbonyl (C=O) groups is 1. The van der Waals surface area contributed by atoms with Crippen LogP contribution in [0.5, 0.6) is 5.75 Å².